The quantitative estimate of drug-likeness (QED) is 0.501. The molecule has 2 aromatic heterocycles. The molecule has 1 fully saturated rings. The number of carbonyl (C=O) groups excluding carboxylic acids is 1. The highest BCUT2D eigenvalue weighted by atomic mass is 16.5. The molecule has 0 atom stereocenters. The molecule has 0 aliphatic heterocycles. The Kier molecular flexibility index (Phi) is 4.00. The van der Waals surface area contributed by atoms with E-state index in [4.69, 9.17) is 14.7 Å². The van der Waals surface area contributed by atoms with Gasteiger partial charge in [-0.1, -0.05) is 36.8 Å². The maximum Gasteiger partial charge on any atom is 0.326 e. The predicted octanol–water partition coefficient (Wildman–Crippen LogP) is 4.61. The lowest BCUT2D eigenvalue weighted by Gasteiger charge is -2.22. The molecule has 5 rings (SSSR count). The van der Waals surface area contributed by atoms with E-state index in [1.165, 1.54) is 6.42 Å². The maximum absolute atomic E-state index is 12.6. The first kappa shape index (κ1) is 16.2. The van der Waals surface area contributed by atoms with Crippen LogP contribution in [0.15, 0.2) is 48.5 Å². The van der Waals surface area contributed by atoms with Crippen LogP contribution in [0.3, 0.4) is 0 Å². The van der Waals surface area contributed by atoms with E-state index in [1.54, 1.807) is 0 Å². The molecule has 5 nitrogen and oxygen atoms in total. The first-order chi connectivity index (χ1) is 13.3. The van der Waals surface area contributed by atoms with Gasteiger partial charge in [0.2, 0.25) is 0 Å². The normalized spacial score (nSPS) is 15.6. The number of rotatable bonds is 3. The molecular formula is C22H21N3O2. The lowest BCUT2D eigenvalue weighted by Crippen LogP contribution is -2.23. The number of para-hydroxylation sites is 3. The average Bonchev–Trinajstić information content (AvgIpc) is 3.00. The maximum atomic E-state index is 12.6. The van der Waals surface area contributed by atoms with Crippen molar-refractivity contribution in [2.45, 2.75) is 44.8 Å². The molecule has 0 amide bonds. The largest absolute Gasteiger partial charge is 0.461 e. The molecule has 1 saturated carbocycles. The number of esters is 1. The zero-order valence-corrected chi connectivity index (χ0v) is 15.1. The second-order valence-corrected chi connectivity index (χ2v) is 7.24. The number of aromatic nitrogens is 3. The van der Waals surface area contributed by atoms with Gasteiger partial charge < -0.3 is 9.30 Å². The van der Waals surface area contributed by atoms with Gasteiger partial charge in [0.1, 0.15) is 18.2 Å². The molecule has 5 heteroatoms. The number of carbonyl (C=O) groups is 1. The fourth-order valence-electron chi connectivity index (χ4n) is 4.08. The Balaban J connectivity index is 1.58. The Labute approximate surface area is 157 Å². The molecule has 0 spiro atoms. The van der Waals surface area contributed by atoms with E-state index in [0.717, 1.165) is 58.8 Å². The summed E-state index contributed by atoms with van der Waals surface area (Å²) in [5.74, 6) is -0.195. The second-order valence-electron chi connectivity index (χ2n) is 7.24. The molecule has 136 valence electrons. The smallest absolute Gasteiger partial charge is 0.326 e. The molecule has 1 aliphatic rings. The van der Waals surface area contributed by atoms with Crippen molar-refractivity contribution in [1.29, 1.82) is 0 Å². The number of nitrogens with zero attached hydrogens (tertiary/aromatic N) is 3. The minimum atomic E-state index is -0.195. The highest BCUT2D eigenvalue weighted by Crippen LogP contribution is 2.28. The number of ether oxygens (including phenoxy) is 1. The fourth-order valence-corrected chi connectivity index (χ4v) is 4.08. The van der Waals surface area contributed by atoms with E-state index in [0.29, 0.717) is 0 Å². The van der Waals surface area contributed by atoms with Crippen molar-refractivity contribution in [3.63, 3.8) is 0 Å². The minimum absolute atomic E-state index is 0.0613. The standard InChI is InChI=1S/C22H21N3O2/c26-20(27-15-8-2-1-3-9-15)14-25-19-13-7-4-10-16(19)21-22(25)24-18-12-6-5-11-17(18)23-21/h4-7,10-13,15H,1-3,8-9,14H2. The zero-order chi connectivity index (χ0) is 18.2. The van der Waals surface area contributed by atoms with Crippen LogP contribution < -0.4 is 0 Å². The lowest BCUT2D eigenvalue weighted by molar-refractivity contribution is -0.151. The summed E-state index contributed by atoms with van der Waals surface area (Å²) in [6, 6.07) is 15.8. The Hall–Kier alpha value is -2.95. The van der Waals surface area contributed by atoms with Crippen molar-refractivity contribution in [3.05, 3.63) is 48.5 Å². The average molecular weight is 359 g/mol. The summed E-state index contributed by atoms with van der Waals surface area (Å²) in [7, 11) is 0. The monoisotopic (exact) mass is 359 g/mol. The van der Waals surface area contributed by atoms with Gasteiger partial charge in [0.05, 0.1) is 16.6 Å². The van der Waals surface area contributed by atoms with Crippen LogP contribution in [0.5, 0.6) is 0 Å². The zero-order valence-electron chi connectivity index (χ0n) is 15.1. The third kappa shape index (κ3) is 2.93. The summed E-state index contributed by atoms with van der Waals surface area (Å²) in [5.41, 5.74) is 4.21. The van der Waals surface area contributed by atoms with Gasteiger partial charge in [-0.3, -0.25) is 4.79 Å². The van der Waals surface area contributed by atoms with Crippen molar-refractivity contribution < 1.29 is 9.53 Å². The van der Waals surface area contributed by atoms with Gasteiger partial charge >= 0.3 is 5.97 Å². The van der Waals surface area contributed by atoms with Crippen molar-refractivity contribution in [3.8, 4) is 0 Å². The van der Waals surface area contributed by atoms with E-state index in [2.05, 4.69) is 0 Å². The van der Waals surface area contributed by atoms with Crippen LogP contribution in [0.1, 0.15) is 32.1 Å². The van der Waals surface area contributed by atoms with Gasteiger partial charge in [0.25, 0.3) is 0 Å². The summed E-state index contributed by atoms with van der Waals surface area (Å²) in [6.45, 7) is 0.160. The third-order valence-corrected chi connectivity index (χ3v) is 5.40. The molecule has 0 unspecified atom stereocenters. The Morgan fingerprint density at radius 3 is 2.48 bits per heavy atom. The molecule has 2 aromatic carbocycles. The van der Waals surface area contributed by atoms with Crippen molar-refractivity contribution in [2.24, 2.45) is 0 Å². The van der Waals surface area contributed by atoms with Crippen LogP contribution in [0, 0.1) is 0 Å². The van der Waals surface area contributed by atoms with E-state index >= 15 is 0 Å². The Morgan fingerprint density at radius 1 is 0.963 bits per heavy atom. The second kappa shape index (κ2) is 6.65. The van der Waals surface area contributed by atoms with Crippen LogP contribution in [0.4, 0.5) is 0 Å². The predicted molar refractivity (Wildman–Crippen MR) is 106 cm³/mol. The minimum Gasteiger partial charge on any atom is -0.461 e. The van der Waals surface area contributed by atoms with E-state index in [-0.39, 0.29) is 18.6 Å². The fraction of sp³-hybridized carbons (Fsp3) is 0.318. The summed E-state index contributed by atoms with van der Waals surface area (Å²) in [5, 5.41) is 1.01. The Morgan fingerprint density at radius 2 is 1.67 bits per heavy atom. The van der Waals surface area contributed by atoms with Gasteiger partial charge in [-0.25, -0.2) is 9.97 Å². The summed E-state index contributed by atoms with van der Waals surface area (Å²) < 4.78 is 7.68. The van der Waals surface area contributed by atoms with Gasteiger partial charge in [0, 0.05) is 5.39 Å². The summed E-state index contributed by atoms with van der Waals surface area (Å²) >= 11 is 0. The molecule has 0 saturated heterocycles. The van der Waals surface area contributed by atoms with E-state index in [1.807, 2.05) is 53.1 Å². The van der Waals surface area contributed by atoms with Crippen molar-refractivity contribution >= 4 is 39.1 Å². The van der Waals surface area contributed by atoms with E-state index < -0.39 is 0 Å². The number of hydrogen-bond donors (Lipinski definition) is 0. The molecule has 4 aromatic rings. The molecule has 1 aliphatic carbocycles. The summed E-state index contributed by atoms with van der Waals surface area (Å²) in [6.07, 6.45) is 5.54. The highest BCUT2D eigenvalue weighted by molar-refractivity contribution is 6.06. The molecular weight excluding hydrogens is 338 g/mol. The van der Waals surface area contributed by atoms with Gasteiger partial charge in [-0.2, -0.15) is 0 Å². The van der Waals surface area contributed by atoms with Gasteiger partial charge in [-0.05, 0) is 43.9 Å². The van der Waals surface area contributed by atoms with Crippen LogP contribution in [-0.2, 0) is 16.1 Å². The Bertz CT molecular complexity index is 1140. The first-order valence-electron chi connectivity index (χ1n) is 9.63. The number of benzene rings is 2. The topological polar surface area (TPSA) is 57.0 Å². The third-order valence-electron chi connectivity index (χ3n) is 5.40. The van der Waals surface area contributed by atoms with Crippen LogP contribution in [0.2, 0.25) is 0 Å². The van der Waals surface area contributed by atoms with Gasteiger partial charge in [0.15, 0.2) is 5.65 Å². The molecule has 27 heavy (non-hydrogen) atoms. The van der Waals surface area contributed by atoms with Crippen LogP contribution in [0.25, 0.3) is 33.1 Å². The van der Waals surface area contributed by atoms with Crippen LogP contribution >= 0.6 is 0 Å². The van der Waals surface area contributed by atoms with Crippen molar-refractivity contribution in [2.75, 3.05) is 0 Å². The molecule has 0 radical (unpaired) electrons. The molecule has 0 N–H and O–H groups in total. The number of hydrogen-bond acceptors (Lipinski definition) is 4. The lowest BCUT2D eigenvalue weighted by atomic mass is 9.98. The van der Waals surface area contributed by atoms with Crippen molar-refractivity contribution in [1.82, 2.24) is 14.5 Å². The SMILES string of the molecule is O=C(Cn1c2ccccc2c2nc3ccccc3nc21)OC1CCCCC1. The van der Waals surface area contributed by atoms with E-state index in [9.17, 15) is 4.79 Å². The van der Waals surface area contributed by atoms with Gasteiger partial charge in [-0.15, -0.1) is 0 Å². The summed E-state index contributed by atoms with van der Waals surface area (Å²) in [4.78, 5) is 22.3. The number of fused-ring (bicyclic) bond motifs is 4. The highest BCUT2D eigenvalue weighted by Gasteiger charge is 2.20. The molecule has 0 bridgehead atoms. The first-order valence-corrected chi connectivity index (χ1v) is 9.63. The molecule has 2 heterocycles. The van der Waals surface area contributed by atoms with Crippen LogP contribution in [-0.4, -0.2) is 26.6 Å².